The summed E-state index contributed by atoms with van der Waals surface area (Å²) in [5.41, 5.74) is 7.22. The summed E-state index contributed by atoms with van der Waals surface area (Å²) in [6, 6.07) is 7.12. The van der Waals surface area contributed by atoms with Crippen molar-refractivity contribution in [3.05, 3.63) is 53.1 Å². The number of likely N-dealkylation sites (tertiary alicyclic amines) is 1. The van der Waals surface area contributed by atoms with Crippen molar-refractivity contribution in [1.29, 1.82) is 0 Å². The van der Waals surface area contributed by atoms with Crippen molar-refractivity contribution in [2.24, 2.45) is 5.92 Å². The molecule has 1 fully saturated rings. The van der Waals surface area contributed by atoms with Gasteiger partial charge in [-0.15, -0.1) is 0 Å². The first-order valence-corrected chi connectivity index (χ1v) is 9.81. The Morgan fingerprint density at radius 3 is 2.69 bits per heavy atom. The number of rotatable bonds is 5. The highest BCUT2D eigenvalue weighted by Gasteiger charge is 2.26. The molecule has 3 N–H and O–H groups in total. The van der Waals surface area contributed by atoms with E-state index in [1.165, 1.54) is 24.3 Å². The van der Waals surface area contributed by atoms with Gasteiger partial charge in [-0.05, 0) is 55.0 Å². The minimum atomic E-state index is -0.381. The van der Waals surface area contributed by atoms with Crippen LogP contribution in [-0.4, -0.2) is 46.3 Å². The highest BCUT2D eigenvalue weighted by molar-refractivity contribution is 5.94. The van der Waals surface area contributed by atoms with Crippen LogP contribution in [0.3, 0.4) is 0 Å². The first kappa shape index (κ1) is 20.7. The van der Waals surface area contributed by atoms with E-state index >= 15 is 0 Å². The molecule has 1 aromatic carbocycles. The molecule has 0 bridgehead atoms. The fourth-order valence-corrected chi connectivity index (χ4v) is 3.41. The molecule has 0 radical (unpaired) electrons. The van der Waals surface area contributed by atoms with Gasteiger partial charge < -0.3 is 16.0 Å². The number of carbonyl (C=O) groups is 2. The van der Waals surface area contributed by atoms with Gasteiger partial charge >= 0.3 is 0 Å². The fraction of sp³-hybridized carbons (Fsp3) is 0.429. The SMILES string of the molecule is CC(C)c1cc(C(=O)N2CCC[C@H](CNC(=O)c3ccc(F)cc3)C2)nc(N)n1. The van der Waals surface area contributed by atoms with E-state index in [9.17, 15) is 14.0 Å². The van der Waals surface area contributed by atoms with Crippen LogP contribution in [0.25, 0.3) is 0 Å². The summed E-state index contributed by atoms with van der Waals surface area (Å²) in [6.45, 7) is 5.59. The molecule has 1 atom stereocenters. The minimum absolute atomic E-state index is 0.0969. The van der Waals surface area contributed by atoms with Crippen molar-refractivity contribution in [3.63, 3.8) is 0 Å². The lowest BCUT2D eigenvalue weighted by Gasteiger charge is -2.32. The highest BCUT2D eigenvalue weighted by atomic mass is 19.1. The zero-order valence-electron chi connectivity index (χ0n) is 16.7. The number of amides is 2. The van der Waals surface area contributed by atoms with E-state index in [0.29, 0.717) is 30.9 Å². The number of nitrogens with one attached hydrogen (secondary N) is 1. The summed E-state index contributed by atoms with van der Waals surface area (Å²) in [4.78, 5) is 35.2. The number of nitrogen functional groups attached to an aromatic ring is 1. The zero-order chi connectivity index (χ0) is 21.0. The van der Waals surface area contributed by atoms with Gasteiger partial charge in [0.1, 0.15) is 11.5 Å². The number of anilines is 1. The maximum atomic E-state index is 13.0. The molecule has 29 heavy (non-hydrogen) atoms. The van der Waals surface area contributed by atoms with Crippen LogP contribution in [0.4, 0.5) is 10.3 Å². The van der Waals surface area contributed by atoms with Gasteiger partial charge in [-0.3, -0.25) is 9.59 Å². The summed E-state index contributed by atoms with van der Waals surface area (Å²) in [5.74, 6) is -0.425. The van der Waals surface area contributed by atoms with E-state index < -0.39 is 0 Å². The molecule has 7 nitrogen and oxygen atoms in total. The fourth-order valence-electron chi connectivity index (χ4n) is 3.41. The zero-order valence-corrected chi connectivity index (χ0v) is 16.7. The van der Waals surface area contributed by atoms with Crippen LogP contribution >= 0.6 is 0 Å². The predicted molar refractivity (Wildman–Crippen MR) is 108 cm³/mol. The normalized spacial score (nSPS) is 16.7. The highest BCUT2D eigenvalue weighted by Crippen LogP contribution is 2.20. The number of nitrogens with two attached hydrogens (primary N) is 1. The molecule has 2 heterocycles. The molecule has 3 rings (SSSR count). The maximum absolute atomic E-state index is 13.0. The first-order chi connectivity index (χ1) is 13.8. The molecule has 1 saturated heterocycles. The van der Waals surface area contributed by atoms with Crippen molar-refractivity contribution in [2.45, 2.75) is 32.6 Å². The Kier molecular flexibility index (Phi) is 6.41. The van der Waals surface area contributed by atoms with E-state index in [0.717, 1.165) is 18.5 Å². The van der Waals surface area contributed by atoms with Crippen LogP contribution in [0.2, 0.25) is 0 Å². The molecular weight excluding hydrogens is 373 g/mol. The van der Waals surface area contributed by atoms with Gasteiger partial charge in [0.15, 0.2) is 0 Å². The second-order valence-corrected chi connectivity index (χ2v) is 7.67. The van der Waals surface area contributed by atoms with Crippen LogP contribution in [0, 0.1) is 11.7 Å². The van der Waals surface area contributed by atoms with Crippen molar-refractivity contribution in [3.8, 4) is 0 Å². The Labute approximate surface area is 169 Å². The third kappa shape index (κ3) is 5.28. The van der Waals surface area contributed by atoms with Crippen molar-refractivity contribution >= 4 is 17.8 Å². The van der Waals surface area contributed by atoms with Gasteiger partial charge in [0, 0.05) is 30.9 Å². The van der Waals surface area contributed by atoms with Crippen LogP contribution in [0.5, 0.6) is 0 Å². The lowest BCUT2D eigenvalue weighted by atomic mass is 9.97. The van der Waals surface area contributed by atoms with Gasteiger partial charge in [-0.1, -0.05) is 13.8 Å². The Morgan fingerprint density at radius 1 is 1.28 bits per heavy atom. The lowest BCUT2D eigenvalue weighted by molar-refractivity contribution is 0.0665. The van der Waals surface area contributed by atoms with E-state index in [4.69, 9.17) is 5.73 Å². The van der Waals surface area contributed by atoms with Crippen molar-refractivity contribution in [1.82, 2.24) is 20.2 Å². The largest absolute Gasteiger partial charge is 0.368 e. The van der Waals surface area contributed by atoms with Gasteiger partial charge in [0.2, 0.25) is 5.95 Å². The first-order valence-electron chi connectivity index (χ1n) is 9.81. The van der Waals surface area contributed by atoms with Crippen LogP contribution in [-0.2, 0) is 0 Å². The number of halogens is 1. The van der Waals surface area contributed by atoms with E-state index in [1.54, 1.807) is 11.0 Å². The number of aromatic nitrogens is 2. The van der Waals surface area contributed by atoms with E-state index in [1.807, 2.05) is 13.8 Å². The Hall–Kier alpha value is -3.03. The number of nitrogens with zero attached hydrogens (tertiary/aromatic N) is 3. The summed E-state index contributed by atoms with van der Waals surface area (Å²) in [6.07, 6.45) is 1.76. The molecule has 0 spiro atoms. The maximum Gasteiger partial charge on any atom is 0.272 e. The summed E-state index contributed by atoms with van der Waals surface area (Å²) < 4.78 is 13.0. The molecular formula is C21H26FN5O2. The number of hydrogen-bond donors (Lipinski definition) is 2. The molecule has 0 unspecified atom stereocenters. The van der Waals surface area contributed by atoms with Crippen molar-refractivity contribution < 1.29 is 14.0 Å². The number of hydrogen-bond acceptors (Lipinski definition) is 5. The second-order valence-electron chi connectivity index (χ2n) is 7.67. The summed E-state index contributed by atoms with van der Waals surface area (Å²) in [5, 5.41) is 2.88. The van der Waals surface area contributed by atoms with Crippen LogP contribution in [0.1, 0.15) is 59.1 Å². The Morgan fingerprint density at radius 2 is 2.00 bits per heavy atom. The second kappa shape index (κ2) is 8.98. The van der Waals surface area contributed by atoms with Crippen LogP contribution in [0.15, 0.2) is 30.3 Å². The topological polar surface area (TPSA) is 101 Å². The Balaban J connectivity index is 1.61. The molecule has 8 heteroatoms. The molecule has 1 aromatic heterocycles. The van der Waals surface area contributed by atoms with Gasteiger partial charge in [-0.25, -0.2) is 14.4 Å². The number of benzene rings is 1. The smallest absolute Gasteiger partial charge is 0.272 e. The van der Waals surface area contributed by atoms with Gasteiger partial charge in [0.25, 0.3) is 11.8 Å². The minimum Gasteiger partial charge on any atom is -0.368 e. The van der Waals surface area contributed by atoms with E-state index in [2.05, 4.69) is 15.3 Å². The number of carbonyl (C=O) groups excluding carboxylic acids is 2. The molecule has 154 valence electrons. The Bertz CT molecular complexity index is 885. The van der Waals surface area contributed by atoms with Crippen LogP contribution < -0.4 is 11.1 Å². The van der Waals surface area contributed by atoms with Gasteiger partial charge in [-0.2, -0.15) is 0 Å². The third-order valence-electron chi connectivity index (χ3n) is 5.04. The number of piperidine rings is 1. The van der Waals surface area contributed by atoms with Gasteiger partial charge in [0.05, 0.1) is 0 Å². The average Bonchev–Trinajstić information content (AvgIpc) is 2.71. The quantitative estimate of drug-likeness (QED) is 0.805. The molecule has 0 saturated carbocycles. The molecule has 2 amide bonds. The predicted octanol–water partition coefficient (Wildman–Crippen LogP) is 2.60. The molecule has 1 aliphatic heterocycles. The molecule has 0 aliphatic carbocycles. The standard InChI is InChI=1S/C21H26FN5O2/c1-13(2)17-10-18(26-21(23)25-17)20(29)27-9-3-4-14(12-27)11-24-19(28)15-5-7-16(22)8-6-15/h5-8,10,13-14H,3-4,9,11-12H2,1-2H3,(H,24,28)(H2,23,25,26)/t14-/m1/s1. The average molecular weight is 399 g/mol. The third-order valence-corrected chi connectivity index (χ3v) is 5.04. The monoisotopic (exact) mass is 399 g/mol. The summed E-state index contributed by atoms with van der Waals surface area (Å²) >= 11 is 0. The van der Waals surface area contributed by atoms with Crippen molar-refractivity contribution in [2.75, 3.05) is 25.4 Å². The molecule has 2 aromatic rings. The lowest BCUT2D eigenvalue weighted by Crippen LogP contribution is -2.44. The molecule has 1 aliphatic rings. The van der Waals surface area contributed by atoms with E-state index in [-0.39, 0.29) is 35.4 Å². The summed E-state index contributed by atoms with van der Waals surface area (Å²) in [7, 11) is 0.